The molecule has 0 aliphatic carbocycles. The molecule has 1 atom stereocenters. The smallest absolute Gasteiger partial charge is 0.212 e. The fraction of sp³-hybridized carbons (Fsp3) is 0.231. The normalized spacial score (nSPS) is 21.6. The van der Waals surface area contributed by atoms with E-state index in [1.807, 2.05) is 31.4 Å². The van der Waals surface area contributed by atoms with Gasteiger partial charge in [0.15, 0.2) is 0 Å². The number of aliphatic imine (C=N–C) groups is 1. The van der Waals surface area contributed by atoms with Crippen LogP contribution in [-0.4, -0.2) is 17.6 Å². The Morgan fingerprint density at radius 1 is 1.26 bits per heavy atom. The highest BCUT2D eigenvalue weighted by atomic mass is 32.2. The molecule has 1 unspecified atom stereocenters. The first-order valence-corrected chi connectivity index (χ1v) is 7.94. The fourth-order valence-corrected chi connectivity index (χ4v) is 4.10. The zero-order valence-corrected chi connectivity index (χ0v) is 12.3. The molecular formula is C13H14N4S2. The minimum atomic E-state index is -0.450. The van der Waals surface area contributed by atoms with Crippen LogP contribution in [0, 0.1) is 6.92 Å². The zero-order valence-electron chi connectivity index (χ0n) is 10.7. The topological polar surface area (TPSA) is 49.3 Å². The number of aromatic nitrogens is 1. The molecule has 1 aliphatic rings. The maximum absolute atomic E-state index is 4.68. The van der Waals surface area contributed by atoms with Crippen LogP contribution in [0.3, 0.4) is 0 Å². The molecule has 0 bridgehead atoms. The van der Waals surface area contributed by atoms with E-state index in [1.54, 1.807) is 29.4 Å². The molecule has 2 aromatic rings. The molecule has 2 N–H and O–H groups in total. The minimum absolute atomic E-state index is 0.450. The van der Waals surface area contributed by atoms with E-state index >= 15 is 0 Å². The number of thiazole rings is 1. The number of nitrogens with zero attached hydrogens (tertiary/aromatic N) is 2. The Balaban J connectivity index is 2.05. The summed E-state index contributed by atoms with van der Waals surface area (Å²) in [5.41, 5.74) is 8.32. The van der Waals surface area contributed by atoms with Crippen molar-refractivity contribution >= 4 is 29.4 Å². The van der Waals surface area contributed by atoms with Gasteiger partial charge in [-0.2, -0.15) is 5.43 Å². The second-order valence-electron chi connectivity index (χ2n) is 4.18. The summed E-state index contributed by atoms with van der Waals surface area (Å²) >= 11 is 3.34. The molecule has 1 aliphatic heterocycles. The van der Waals surface area contributed by atoms with Gasteiger partial charge in [0.1, 0.15) is 11.3 Å². The average molecular weight is 290 g/mol. The summed E-state index contributed by atoms with van der Waals surface area (Å²) < 4.78 is 0. The van der Waals surface area contributed by atoms with E-state index in [-0.39, 0.29) is 0 Å². The Hall–Kier alpha value is -1.37. The van der Waals surface area contributed by atoms with Gasteiger partial charge in [-0.15, -0.1) is 23.1 Å². The Morgan fingerprint density at radius 3 is 2.68 bits per heavy atom. The van der Waals surface area contributed by atoms with Gasteiger partial charge in [-0.1, -0.05) is 30.3 Å². The molecular weight excluding hydrogens is 276 g/mol. The van der Waals surface area contributed by atoms with Crippen molar-refractivity contribution in [3.8, 4) is 10.6 Å². The lowest BCUT2D eigenvalue weighted by Crippen LogP contribution is -2.39. The number of benzene rings is 1. The maximum Gasteiger partial charge on any atom is 0.212 e. The van der Waals surface area contributed by atoms with Crippen molar-refractivity contribution in [1.82, 2.24) is 15.8 Å². The first kappa shape index (κ1) is 12.7. The lowest BCUT2D eigenvalue weighted by molar-refractivity contribution is 0.529. The molecule has 1 aromatic carbocycles. The summed E-state index contributed by atoms with van der Waals surface area (Å²) in [5, 5.41) is 1.03. The number of thioether (sulfide) groups is 1. The van der Waals surface area contributed by atoms with Crippen molar-refractivity contribution in [3.63, 3.8) is 0 Å². The van der Waals surface area contributed by atoms with Crippen molar-refractivity contribution < 1.29 is 0 Å². The highest BCUT2D eigenvalue weighted by Gasteiger charge is 2.37. The van der Waals surface area contributed by atoms with Gasteiger partial charge >= 0.3 is 0 Å². The lowest BCUT2D eigenvalue weighted by atomic mass is 10.2. The van der Waals surface area contributed by atoms with Gasteiger partial charge in [0.2, 0.25) is 4.99 Å². The van der Waals surface area contributed by atoms with E-state index in [1.165, 1.54) is 0 Å². The summed E-state index contributed by atoms with van der Waals surface area (Å²) in [5.74, 6) is 0. The molecule has 19 heavy (non-hydrogen) atoms. The SMILES string of the molecule is CSC1(c2sc(-c3ccccc3)nc2C)N=CNN1. The molecule has 0 spiro atoms. The van der Waals surface area contributed by atoms with Gasteiger partial charge < -0.3 is 5.43 Å². The van der Waals surface area contributed by atoms with E-state index in [2.05, 4.69) is 33.0 Å². The van der Waals surface area contributed by atoms with Crippen LogP contribution in [0.15, 0.2) is 35.3 Å². The molecule has 0 saturated carbocycles. The van der Waals surface area contributed by atoms with Gasteiger partial charge in [0, 0.05) is 5.56 Å². The summed E-state index contributed by atoms with van der Waals surface area (Å²) in [6.45, 7) is 2.03. The minimum Gasteiger partial charge on any atom is -0.309 e. The average Bonchev–Trinajstić information content (AvgIpc) is 3.07. The standard InChI is InChI=1S/C13H14N4S2/c1-9-11(13(18-2)14-8-15-17-13)19-12(16-9)10-6-4-3-5-7-10/h3-8,17H,1-2H3,(H,14,15). The summed E-state index contributed by atoms with van der Waals surface area (Å²) in [6.07, 6.45) is 3.73. The third-order valence-electron chi connectivity index (χ3n) is 2.97. The third kappa shape index (κ3) is 2.16. The summed E-state index contributed by atoms with van der Waals surface area (Å²) in [6, 6.07) is 10.2. The van der Waals surface area contributed by atoms with Crippen molar-refractivity contribution in [3.05, 3.63) is 40.9 Å². The van der Waals surface area contributed by atoms with Crippen LogP contribution in [0.2, 0.25) is 0 Å². The van der Waals surface area contributed by atoms with Crippen molar-refractivity contribution in [2.45, 2.75) is 11.9 Å². The number of hydrogen-bond donors (Lipinski definition) is 2. The Bertz CT molecular complexity index is 608. The number of hydrazine groups is 1. The van der Waals surface area contributed by atoms with Crippen molar-refractivity contribution in [1.29, 1.82) is 0 Å². The van der Waals surface area contributed by atoms with Crippen LogP contribution in [0.1, 0.15) is 10.6 Å². The molecule has 0 radical (unpaired) electrons. The summed E-state index contributed by atoms with van der Waals surface area (Å²) in [4.78, 5) is 9.88. The summed E-state index contributed by atoms with van der Waals surface area (Å²) in [7, 11) is 0. The first-order chi connectivity index (χ1) is 9.25. The predicted octanol–water partition coefficient (Wildman–Crippen LogP) is 2.73. The molecule has 0 fully saturated rings. The van der Waals surface area contributed by atoms with E-state index in [4.69, 9.17) is 0 Å². The highest BCUT2D eigenvalue weighted by molar-refractivity contribution is 7.99. The van der Waals surface area contributed by atoms with Crippen molar-refractivity contribution in [2.75, 3.05) is 6.26 Å². The van der Waals surface area contributed by atoms with Crippen molar-refractivity contribution in [2.24, 2.45) is 4.99 Å². The van der Waals surface area contributed by atoms with Gasteiger partial charge in [0.05, 0.1) is 10.6 Å². The Kier molecular flexibility index (Phi) is 3.30. The van der Waals surface area contributed by atoms with Crippen LogP contribution >= 0.6 is 23.1 Å². The van der Waals surface area contributed by atoms with Gasteiger partial charge in [-0.3, -0.25) is 0 Å². The third-order valence-corrected chi connectivity index (χ3v) is 5.42. The monoisotopic (exact) mass is 290 g/mol. The molecule has 98 valence electrons. The quantitative estimate of drug-likeness (QED) is 0.912. The number of rotatable bonds is 3. The fourth-order valence-electron chi connectivity index (χ4n) is 2.01. The largest absolute Gasteiger partial charge is 0.309 e. The van der Waals surface area contributed by atoms with Crippen LogP contribution in [0.5, 0.6) is 0 Å². The highest BCUT2D eigenvalue weighted by Crippen LogP contribution is 2.41. The lowest BCUT2D eigenvalue weighted by Gasteiger charge is -2.22. The molecule has 4 nitrogen and oxygen atoms in total. The zero-order chi connectivity index (χ0) is 13.3. The number of hydrogen-bond acceptors (Lipinski definition) is 6. The van der Waals surface area contributed by atoms with Gasteiger partial charge in [-0.05, 0) is 13.2 Å². The molecule has 0 saturated heterocycles. The molecule has 3 rings (SSSR count). The van der Waals surface area contributed by atoms with Crippen LogP contribution in [-0.2, 0) is 4.99 Å². The van der Waals surface area contributed by atoms with E-state index in [0.29, 0.717) is 0 Å². The second-order valence-corrected chi connectivity index (χ2v) is 6.17. The Morgan fingerprint density at radius 2 is 2.05 bits per heavy atom. The second kappa shape index (κ2) is 4.96. The first-order valence-electron chi connectivity index (χ1n) is 5.90. The Labute approximate surface area is 120 Å². The molecule has 0 amide bonds. The maximum atomic E-state index is 4.68. The molecule has 6 heteroatoms. The van der Waals surface area contributed by atoms with E-state index < -0.39 is 4.99 Å². The molecule has 2 heterocycles. The van der Waals surface area contributed by atoms with E-state index in [0.717, 1.165) is 21.1 Å². The van der Waals surface area contributed by atoms with Crippen LogP contribution < -0.4 is 10.9 Å². The van der Waals surface area contributed by atoms with E-state index in [9.17, 15) is 0 Å². The van der Waals surface area contributed by atoms with Crippen LogP contribution in [0.25, 0.3) is 10.6 Å². The predicted molar refractivity (Wildman–Crippen MR) is 82.2 cm³/mol. The number of nitrogens with one attached hydrogen (secondary N) is 2. The number of aryl methyl sites for hydroxylation is 1. The molecule has 1 aromatic heterocycles. The van der Waals surface area contributed by atoms with Crippen LogP contribution in [0.4, 0.5) is 0 Å². The van der Waals surface area contributed by atoms with Gasteiger partial charge in [0.25, 0.3) is 0 Å². The van der Waals surface area contributed by atoms with Gasteiger partial charge in [-0.25, -0.2) is 9.98 Å².